The first-order valence-corrected chi connectivity index (χ1v) is 10.4. The number of aryl methyl sites for hydroxylation is 1. The van der Waals surface area contributed by atoms with Gasteiger partial charge in [0.05, 0.1) is 34.6 Å². The van der Waals surface area contributed by atoms with Crippen LogP contribution >= 0.6 is 0 Å². The van der Waals surface area contributed by atoms with Crippen molar-refractivity contribution in [3.63, 3.8) is 0 Å². The van der Waals surface area contributed by atoms with Gasteiger partial charge in [0.25, 0.3) is 0 Å². The van der Waals surface area contributed by atoms with Crippen molar-refractivity contribution in [3.05, 3.63) is 53.4 Å². The third kappa shape index (κ3) is 3.28. The van der Waals surface area contributed by atoms with Gasteiger partial charge in [-0.15, -0.1) is 0 Å². The Morgan fingerprint density at radius 2 is 2.03 bits per heavy atom. The molecule has 0 spiro atoms. The molecule has 0 bridgehead atoms. The van der Waals surface area contributed by atoms with Crippen LogP contribution in [-0.2, 0) is 0 Å². The van der Waals surface area contributed by atoms with Crippen molar-refractivity contribution < 1.29 is 8.78 Å². The molecule has 2 N–H and O–H groups in total. The first kappa shape index (κ1) is 20.1. The molecule has 0 unspecified atom stereocenters. The number of nitrogens with zero attached hydrogens (tertiary/aromatic N) is 5. The zero-order chi connectivity index (χ0) is 22.5. The average Bonchev–Trinajstić information content (AvgIpc) is 3.05. The Morgan fingerprint density at radius 1 is 1.25 bits per heavy atom. The summed E-state index contributed by atoms with van der Waals surface area (Å²) in [6, 6.07) is 8.01. The van der Waals surface area contributed by atoms with E-state index in [0.29, 0.717) is 34.9 Å². The van der Waals surface area contributed by atoms with Crippen molar-refractivity contribution in [2.24, 2.45) is 10.4 Å². The Hall–Kier alpha value is -3.80. The van der Waals surface area contributed by atoms with Gasteiger partial charge < -0.3 is 10.2 Å². The number of aromatic nitrogens is 3. The lowest BCUT2D eigenvalue weighted by atomic mass is 9.83. The number of aromatic amines is 1. The minimum atomic E-state index is -0.712. The first-order chi connectivity index (χ1) is 15.4. The van der Waals surface area contributed by atoms with Gasteiger partial charge in [0.15, 0.2) is 0 Å². The van der Waals surface area contributed by atoms with Gasteiger partial charge in [-0.25, -0.2) is 18.8 Å². The summed E-state index contributed by atoms with van der Waals surface area (Å²) in [5, 5.41) is 19.9. The molecule has 2 aromatic heterocycles. The zero-order valence-electron chi connectivity index (χ0n) is 17.7. The second-order valence-electron chi connectivity index (χ2n) is 8.51. The van der Waals surface area contributed by atoms with Crippen LogP contribution in [0.1, 0.15) is 31.0 Å². The van der Waals surface area contributed by atoms with E-state index < -0.39 is 17.0 Å². The second-order valence-corrected chi connectivity index (χ2v) is 8.51. The summed E-state index contributed by atoms with van der Waals surface area (Å²) in [7, 11) is 0. The molecular weight excluding hydrogens is 412 g/mol. The van der Waals surface area contributed by atoms with E-state index in [-0.39, 0.29) is 11.4 Å². The van der Waals surface area contributed by atoms with Crippen LogP contribution < -0.4 is 10.2 Å². The van der Waals surface area contributed by atoms with Gasteiger partial charge in [-0.2, -0.15) is 10.4 Å². The monoisotopic (exact) mass is 433 g/mol. The molecule has 32 heavy (non-hydrogen) atoms. The highest BCUT2D eigenvalue weighted by molar-refractivity contribution is 6.13. The maximum absolute atomic E-state index is 14.5. The molecule has 5 rings (SSSR count). The molecule has 1 fully saturated rings. The maximum Gasteiger partial charge on any atom is 0.144 e. The number of nitrogens with one attached hydrogen (secondary N) is 2. The number of hydrogen-bond acceptors (Lipinski definition) is 6. The number of pyridine rings is 1. The fourth-order valence-corrected chi connectivity index (χ4v) is 4.30. The van der Waals surface area contributed by atoms with Crippen LogP contribution in [0, 0.1) is 35.3 Å². The number of rotatable bonds is 2. The number of amidine groups is 1. The van der Waals surface area contributed by atoms with E-state index in [4.69, 9.17) is 0 Å². The summed E-state index contributed by atoms with van der Waals surface area (Å²) >= 11 is 0. The minimum Gasteiger partial charge on any atom is -0.355 e. The summed E-state index contributed by atoms with van der Waals surface area (Å²) in [6.45, 7) is 5.14. The molecule has 2 aliphatic rings. The summed E-state index contributed by atoms with van der Waals surface area (Å²) in [5.41, 5.74) is 2.34. The molecule has 1 aromatic carbocycles. The van der Waals surface area contributed by atoms with E-state index in [1.54, 1.807) is 13.1 Å². The lowest BCUT2D eigenvalue weighted by molar-refractivity contribution is 0.348. The SMILES string of the molecule is Cc1[nH]nc2c1N=C(c1c(F)cccc1F)Nc1cnc(N3CCC[C@@](C)(C#N)C3)cc1-2. The Kier molecular flexibility index (Phi) is 4.66. The number of nitriles is 1. The highest BCUT2D eigenvalue weighted by Crippen LogP contribution is 2.41. The number of H-pyrrole nitrogens is 1. The number of anilines is 2. The van der Waals surface area contributed by atoms with Crippen LogP contribution in [0.15, 0.2) is 35.5 Å². The largest absolute Gasteiger partial charge is 0.355 e. The number of halogens is 2. The van der Waals surface area contributed by atoms with Crippen LogP contribution in [-0.4, -0.2) is 34.1 Å². The predicted octanol–water partition coefficient (Wildman–Crippen LogP) is 4.69. The molecule has 1 saturated heterocycles. The molecule has 0 aliphatic carbocycles. The van der Waals surface area contributed by atoms with E-state index in [1.165, 1.54) is 18.2 Å². The fourth-order valence-electron chi connectivity index (χ4n) is 4.30. The second kappa shape index (κ2) is 7.41. The van der Waals surface area contributed by atoms with Crippen molar-refractivity contribution in [1.29, 1.82) is 5.26 Å². The third-order valence-electron chi connectivity index (χ3n) is 6.03. The van der Waals surface area contributed by atoms with E-state index in [1.807, 2.05) is 13.0 Å². The van der Waals surface area contributed by atoms with E-state index in [9.17, 15) is 14.0 Å². The van der Waals surface area contributed by atoms with Crippen molar-refractivity contribution in [2.45, 2.75) is 26.7 Å². The fraction of sp³-hybridized carbons (Fsp3) is 0.304. The Labute approximate surface area is 183 Å². The molecule has 0 saturated carbocycles. The normalized spacial score (nSPS) is 19.8. The van der Waals surface area contributed by atoms with Crippen molar-refractivity contribution in [2.75, 3.05) is 23.3 Å². The average molecular weight is 433 g/mol. The molecular formula is C23H21F2N7. The standard InChI is InChI=1S/C23H21F2N7/c1-13-20-21(31-30-13)14-9-18(32-8-4-7-23(2,11-26)12-32)27-10-17(14)28-22(29-20)19-15(24)5-3-6-16(19)25/h3,5-6,9-10H,4,7-8,12H2,1-2H3,(H,28,29)(H,30,31)/t23-/m0/s1. The van der Waals surface area contributed by atoms with Crippen molar-refractivity contribution in [1.82, 2.24) is 15.2 Å². The summed E-state index contributed by atoms with van der Waals surface area (Å²) in [5.74, 6) is -0.652. The van der Waals surface area contributed by atoms with Crippen LogP contribution in [0.2, 0.25) is 0 Å². The highest BCUT2D eigenvalue weighted by Gasteiger charge is 2.32. The molecule has 7 nitrogen and oxygen atoms in total. The third-order valence-corrected chi connectivity index (χ3v) is 6.03. The number of piperidine rings is 1. The summed E-state index contributed by atoms with van der Waals surface area (Å²) in [6.07, 6.45) is 3.37. The Morgan fingerprint density at radius 3 is 2.78 bits per heavy atom. The van der Waals surface area contributed by atoms with Gasteiger partial charge in [-0.1, -0.05) is 6.07 Å². The maximum atomic E-state index is 14.5. The first-order valence-electron chi connectivity index (χ1n) is 10.4. The van der Waals surface area contributed by atoms with Crippen molar-refractivity contribution >= 4 is 23.0 Å². The Bertz CT molecular complexity index is 1270. The predicted molar refractivity (Wildman–Crippen MR) is 118 cm³/mol. The number of aliphatic imine (C=N–C) groups is 1. The van der Waals surface area contributed by atoms with Gasteiger partial charge in [0, 0.05) is 18.7 Å². The topological polar surface area (TPSA) is 93.0 Å². The van der Waals surface area contributed by atoms with Crippen LogP contribution in [0.4, 0.5) is 26.0 Å². The van der Waals surface area contributed by atoms with Crippen LogP contribution in [0.3, 0.4) is 0 Å². The molecule has 9 heteroatoms. The van der Waals surface area contributed by atoms with Crippen molar-refractivity contribution in [3.8, 4) is 17.3 Å². The summed E-state index contributed by atoms with van der Waals surface area (Å²) < 4.78 is 29.1. The summed E-state index contributed by atoms with van der Waals surface area (Å²) in [4.78, 5) is 11.2. The molecule has 3 aromatic rings. The molecule has 0 radical (unpaired) electrons. The number of fused-ring (bicyclic) bond motifs is 3. The highest BCUT2D eigenvalue weighted by atomic mass is 19.1. The van der Waals surface area contributed by atoms with Gasteiger partial charge in [-0.3, -0.25) is 5.10 Å². The lowest BCUT2D eigenvalue weighted by Gasteiger charge is -2.36. The Balaban J connectivity index is 1.62. The van der Waals surface area contributed by atoms with Crippen LogP contribution in [0.25, 0.3) is 11.3 Å². The lowest BCUT2D eigenvalue weighted by Crippen LogP contribution is -2.41. The van der Waals surface area contributed by atoms with Gasteiger partial charge in [0.2, 0.25) is 0 Å². The van der Waals surface area contributed by atoms with E-state index >= 15 is 0 Å². The smallest absolute Gasteiger partial charge is 0.144 e. The molecule has 2 aliphatic heterocycles. The molecule has 162 valence electrons. The van der Waals surface area contributed by atoms with Gasteiger partial charge in [-0.05, 0) is 44.9 Å². The number of hydrogen-bond donors (Lipinski definition) is 2. The van der Waals surface area contributed by atoms with E-state index in [0.717, 1.165) is 25.2 Å². The van der Waals surface area contributed by atoms with Crippen LogP contribution in [0.5, 0.6) is 0 Å². The quantitative estimate of drug-likeness (QED) is 0.612. The molecule has 0 amide bonds. The zero-order valence-corrected chi connectivity index (χ0v) is 17.7. The van der Waals surface area contributed by atoms with Gasteiger partial charge >= 0.3 is 0 Å². The number of benzene rings is 1. The molecule has 1 atom stereocenters. The minimum absolute atomic E-state index is 0.0506. The van der Waals surface area contributed by atoms with Gasteiger partial charge in [0.1, 0.15) is 34.7 Å². The van der Waals surface area contributed by atoms with E-state index in [2.05, 4.69) is 36.5 Å². The molecule has 4 heterocycles.